The maximum atomic E-state index is 10.1. The number of nitrogens with one attached hydrogen (secondary N) is 1. The van der Waals surface area contributed by atoms with E-state index in [0.717, 1.165) is 21.3 Å². The zero-order valence-corrected chi connectivity index (χ0v) is 8.35. The zero-order valence-electron chi connectivity index (χ0n) is 5.95. The fourth-order valence-corrected chi connectivity index (χ4v) is 1.35. The Balaban J connectivity index is 2.53. The van der Waals surface area contributed by atoms with Crippen LogP contribution in [0.3, 0.4) is 0 Å². The SMILES string of the molecule is O=C(O)NSc1ccc(Br)cc1. The van der Waals surface area contributed by atoms with Crippen molar-refractivity contribution in [2.24, 2.45) is 0 Å². The molecule has 0 aliphatic rings. The maximum absolute atomic E-state index is 10.1. The number of carboxylic acid groups (broad SMARTS) is 1. The highest BCUT2D eigenvalue weighted by Gasteiger charge is 1.96. The van der Waals surface area contributed by atoms with Gasteiger partial charge in [0.1, 0.15) is 0 Å². The van der Waals surface area contributed by atoms with E-state index in [1.54, 1.807) is 0 Å². The molecule has 0 fully saturated rings. The van der Waals surface area contributed by atoms with E-state index in [4.69, 9.17) is 5.11 Å². The van der Waals surface area contributed by atoms with Gasteiger partial charge in [0, 0.05) is 9.37 Å². The van der Waals surface area contributed by atoms with Gasteiger partial charge in [0.05, 0.1) is 0 Å². The molecular weight excluding hydrogens is 242 g/mol. The Morgan fingerprint density at radius 3 is 2.50 bits per heavy atom. The number of amides is 1. The minimum Gasteiger partial charge on any atom is -0.464 e. The largest absolute Gasteiger partial charge is 0.464 e. The van der Waals surface area contributed by atoms with Crippen molar-refractivity contribution in [2.75, 3.05) is 0 Å². The molecule has 64 valence electrons. The van der Waals surface area contributed by atoms with E-state index in [1.165, 1.54) is 0 Å². The average molecular weight is 248 g/mol. The van der Waals surface area contributed by atoms with Crippen LogP contribution in [0.4, 0.5) is 4.79 Å². The topological polar surface area (TPSA) is 49.3 Å². The first-order chi connectivity index (χ1) is 5.68. The number of hydrogen-bond acceptors (Lipinski definition) is 2. The Kier molecular flexibility index (Phi) is 3.43. The monoisotopic (exact) mass is 247 g/mol. The van der Waals surface area contributed by atoms with Crippen LogP contribution in [-0.2, 0) is 0 Å². The fourth-order valence-electron chi connectivity index (χ4n) is 0.605. The van der Waals surface area contributed by atoms with E-state index in [9.17, 15) is 4.79 Å². The van der Waals surface area contributed by atoms with Gasteiger partial charge in [-0.15, -0.1) is 0 Å². The fraction of sp³-hybridized carbons (Fsp3) is 0. The standard InChI is InChI=1S/C7H6BrNO2S/c8-5-1-3-6(4-2-5)12-9-7(10)11/h1-4,9H,(H,10,11). The molecule has 3 nitrogen and oxygen atoms in total. The van der Waals surface area contributed by atoms with Crippen LogP contribution >= 0.6 is 27.9 Å². The average Bonchev–Trinajstić information content (AvgIpc) is 2.03. The molecule has 0 aliphatic carbocycles. The minimum absolute atomic E-state index is 0.862. The van der Waals surface area contributed by atoms with Crippen molar-refractivity contribution >= 4 is 34.0 Å². The van der Waals surface area contributed by atoms with E-state index >= 15 is 0 Å². The predicted molar refractivity (Wildman–Crippen MR) is 51.2 cm³/mol. The van der Waals surface area contributed by atoms with Crippen LogP contribution in [0.5, 0.6) is 0 Å². The van der Waals surface area contributed by atoms with Crippen molar-refractivity contribution in [1.29, 1.82) is 0 Å². The number of hydrogen-bond donors (Lipinski definition) is 2. The van der Waals surface area contributed by atoms with Gasteiger partial charge in [-0.25, -0.2) is 4.79 Å². The lowest BCUT2D eigenvalue weighted by Crippen LogP contribution is -2.10. The van der Waals surface area contributed by atoms with E-state index in [-0.39, 0.29) is 0 Å². The van der Waals surface area contributed by atoms with E-state index in [2.05, 4.69) is 20.7 Å². The lowest BCUT2D eigenvalue weighted by molar-refractivity contribution is 0.202. The first kappa shape index (κ1) is 9.41. The Morgan fingerprint density at radius 2 is 2.00 bits per heavy atom. The molecule has 0 saturated heterocycles. The first-order valence-corrected chi connectivity index (χ1v) is 4.71. The Hall–Kier alpha value is -0.680. The molecule has 0 unspecified atom stereocenters. The second-order valence-electron chi connectivity index (χ2n) is 1.96. The molecular formula is C7H6BrNO2S. The Morgan fingerprint density at radius 1 is 1.42 bits per heavy atom. The molecule has 1 rings (SSSR count). The quantitative estimate of drug-likeness (QED) is 0.791. The van der Waals surface area contributed by atoms with Gasteiger partial charge in [-0.2, -0.15) is 0 Å². The summed E-state index contributed by atoms with van der Waals surface area (Å²) in [6.07, 6.45) is -1.04. The van der Waals surface area contributed by atoms with Gasteiger partial charge in [0.15, 0.2) is 0 Å². The van der Waals surface area contributed by atoms with Gasteiger partial charge >= 0.3 is 6.09 Å². The van der Waals surface area contributed by atoms with Crippen LogP contribution in [0, 0.1) is 0 Å². The molecule has 0 spiro atoms. The number of halogens is 1. The predicted octanol–water partition coefficient (Wildman–Crippen LogP) is 2.72. The molecule has 1 aromatic rings. The smallest absolute Gasteiger partial charge is 0.415 e. The van der Waals surface area contributed by atoms with Crippen molar-refractivity contribution in [3.63, 3.8) is 0 Å². The molecule has 0 atom stereocenters. The van der Waals surface area contributed by atoms with Crippen LogP contribution in [0.25, 0.3) is 0 Å². The summed E-state index contributed by atoms with van der Waals surface area (Å²) in [7, 11) is 0. The maximum Gasteiger partial charge on any atom is 0.415 e. The summed E-state index contributed by atoms with van der Waals surface area (Å²) in [6, 6.07) is 7.35. The molecule has 0 aliphatic heterocycles. The summed E-state index contributed by atoms with van der Waals surface area (Å²) in [5, 5.41) is 8.29. The lowest BCUT2D eigenvalue weighted by atomic mass is 10.4. The van der Waals surface area contributed by atoms with Crippen LogP contribution in [0.15, 0.2) is 33.6 Å². The molecule has 0 radical (unpaired) electrons. The van der Waals surface area contributed by atoms with Gasteiger partial charge in [-0.3, -0.25) is 4.72 Å². The third kappa shape index (κ3) is 3.15. The van der Waals surface area contributed by atoms with Gasteiger partial charge < -0.3 is 5.11 Å². The molecule has 0 bridgehead atoms. The molecule has 2 N–H and O–H groups in total. The molecule has 5 heteroatoms. The number of benzene rings is 1. The van der Waals surface area contributed by atoms with Crippen LogP contribution in [0.2, 0.25) is 0 Å². The van der Waals surface area contributed by atoms with Gasteiger partial charge in [0.25, 0.3) is 0 Å². The van der Waals surface area contributed by atoms with Crippen LogP contribution in [-0.4, -0.2) is 11.2 Å². The molecule has 12 heavy (non-hydrogen) atoms. The molecule has 0 aromatic heterocycles. The van der Waals surface area contributed by atoms with Crippen LogP contribution < -0.4 is 4.72 Å². The second-order valence-corrected chi connectivity index (χ2v) is 3.76. The van der Waals surface area contributed by atoms with Crippen LogP contribution in [0.1, 0.15) is 0 Å². The summed E-state index contributed by atoms with van der Waals surface area (Å²) in [4.78, 5) is 11.0. The number of carbonyl (C=O) groups is 1. The van der Waals surface area contributed by atoms with Crippen molar-refractivity contribution in [1.82, 2.24) is 4.72 Å². The highest BCUT2D eigenvalue weighted by atomic mass is 79.9. The lowest BCUT2D eigenvalue weighted by Gasteiger charge is -1.98. The van der Waals surface area contributed by atoms with E-state index in [0.29, 0.717) is 0 Å². The highest BCUT2D eigenvalue weighted by molar-refractivity contribution is 9.10. The van der Waals surface area contributed by atoms with Crippen molar-refractivity contribution in [2.45, 2.75) is 4.90 Å². The minimum atomic E-state index is -1.04. The molecule has 0 heterocycles. The summed E-state index contributed by atoms with van der Waals surface area (Å²) in [5.41, 5.74) is 0. The number of rotatable bonds is 2. The summed E-state index contributed by atoms with van der Waals surface area (Å²) < 4.78 is 3.17. The third-order valence-corrected chi connectivity index (χ3v) is 2.38. The van der Waals surface area contributed by atoms with Gasteiger partial charge in [-0.05, 0) is 36.2 Å². The van der Waals surface area contributed by atoms with Crippen molar-refractivity contribution in [3.8, 4) is 0 Å². The summed E-state index contributed by atoms with van der Waals surface area (Å²) >= 11 is 4.35. The molecule has 1 aromatic carbocycles. The molecule has 0 saturated carbocycles. The summed E-state index contributed by atoms with van der Waals surface area (Å²) in [5.74, 6) is 0. The molecule has 1 amide bonds. The first-order valence-electron chi connectivity index (χ1n) is 3.10. The third-order valence-electron chi connectivity index (χ3n) is 1.07. The van der Waals surface area contributed by atoms with Crippen molar-refractivity contribution in [3.05, 3.63) is 28.7 Å². The highest BCUT2D eigenvalue weighted by Crippen LogP contribution is 2.17. The van der Waals surface area contributed by atoms with Crippen molar-refractivity contribution < 1.29 is 9.90 Å². The Bertz CT molecular complexity index is 275. The van der Waals surface area contributed by atoms with Gasteiger partial charge in [-0.1, -0.05) is 15.9 Å². The van der Waals surface area contributed by atoms with E-state index in [1.807, 2.05) is 24.3 Å². The Labute approximate surface area is 82.4 Å². The second kappa shape index (κ2) is 4.37. The van der Waals surface area contributed by atoms with Gasteiger partial charge in [0.2, 0.25) is 0 Å². The normalized spacial score (nSPS) is 9.42. The zero-order chi connectivity index (χ0) is 8.97. The summed E-state index contributed by atoms with van der Waals surface area (Å²) in [6.45, 7) is 0. The van der Waals surface area contributed by atoms with E-state index < -0.39 is 6.09 Å².